The van der Waals surface area contributed by atoms with Crippen molar-refractivity contribution in [3.63, 3.8) is 0 Å². The molecule has 138 valence electrons. The van der Waals surface area contributed by atoms with Gasteiger partial charge in [-0.25, -0.2) is 4.99 Å². The fourth-order valence-corrected chi connectivity index (χ4v) is 2.11. The van der Waals surface area contributed by atoms with Gasteiger partial charge < -0.3 is 20.1 Å². The third-order valence-corrected chi connectivity index (χ3v) is 3.52. The van der Waals surface area contributed by atoms with Crippen LogP contribution < -0.4 is 10.6 Å². The summed E-state index contributed by atoms with van der Waals surface area (Å²) in [5, 5.41) is 7.32. The number of methoxy groups -OCH3 is 1. The molecule has 1 aromatic carbocycles. The second kappa shape index (κ2) is 15.9. The smallest absolute Gasteiger partial charge is 0.191 e. The quantitative estimate of drug-likeness (QED) is 0.226. The van der Waals surface area contributed by atoms with Gasteiger partial charge in [-0.05, 0) is 31.4 Å². The van der Waals surface area contributed by atoms with Crippen molar-refractivity contribution in [2.24, 2.45) is 4.99 Å². The van der Waals surface area contributed by atoms with Crippen LogP contribution in [0.5, 0.6) is 0 Å². The maximum atomic E-state index is 6.15. The fraction of sp³-hybridized carbons (Fsp3) is 0.588. The van der Waals surface area contributed by atoms with Crippen LogP contribution in [0.4, 0.5) is 0 Å². The summed E-state index contributed by atoms with van der Waals surface area (Å²) in [4.78, 5) is 4.57. The van der Waals surface area contributed by atoms with Crippen molar-refractivity contribution < 1.29 is 9.47 Å². The minimum atomic E-state index is 0. The van der Waals surface area contributed by atoms with Crippen LogP contribution in [0.2, 0.25) is 5.02 Å². The van der Waals surface area contributed by atoms with Crippen LogP contribution in [0.15, 0.2) is 29.3 Å². The third kappa shape index (κ3) is 11.1. The highest BCUT2D eigenvalue weighted by Crippen LogP contribution is 2.15. The SMILES string of the molecule is CCNC(=NCc1ccccc1Cl)NCCCCOCCOC.I. The first-order chi connectivity index (χ1) is 11.3. The molecular formula is C17H29ClIN3O2. The molecule has 0 fully saturated rings. The normalized spacial score (nSPS) is 11.0. The van der Waals surface area contributed by atoms with Crippen molar-refractivity contribution >= 4 is 41.5 Å². The van der Waals surface area contributed by atoms with Crippen molar-refractivity contribution in [3.8, 4) is 0 Å². The maximum absolute atomic E-state index is 6.15. The minimum Gasteiger partial charge on any atom is -0.382 e. The lowest BCUT2D eigenvalue weighted by atomic mass is 10.2. The van der Waals surface area contributed by atoms with E-state index in [1.165, 1.54) is 0 Å². The van der Waals surface area contributed by atoms with Gasteiger partial charge in [0.25, 0.3) is 0 Å². The molecule has 0 aromatic heterocycles. The largest absolute Gasteiger partial charge is 0.382 e. The summed E-state index contributed by atoms with van der Waals surface area (Å²) in [6.07, 6.45) is 2.05. The molecule has 0 unspecified atom stereocenters. The van der Waals surface area contributed by atoms with Gasteiger partial charge in [0.05, 0.1) is 19.8 Å². The van der Waals surface area contributed by atoms with Gasteiger partial charge in [-0.3, -0.25) is 0 Å². The number of nitrogens with one attached hydrogen (secondary N) is 2. The van der Waals surface area contributed by atoms with Gasteiger partial charge in [0, 0.05) is 31.8 Å². The number of ether oxygens (including phenoxy) is 2. The molecular weight excluding hydrogens is 441 g/mol. The van der Waals surface area contributed by atoms with Crippen LogP contribution in [-0.2, 0) is 16.0 Å². The molecule has 0 saturated carbocycles. The van der Waals surface area contributed by atoms with Crippen molar-refractivity contribution in [1.29, 1.82) is 0 Å². The minimum absolute atomic E-state index is 0. The first kappa shape index (κ1) is 23.4. The molecule has 0 amide bonds. The van der Waals surface area contributed by atoms with E-state index in [1.54, 1.807) is 7.11 Å². The monoisotopic (exact) mass is 469 g/mol. The predicted molar refractivity (Wildman–Crippen MR) is 112 cm³/mol. The number of rotatable bonds is 11. The van der Waals surface area contributed by atoms with Gasteiger partial charge in [-0.1, -0.05) is 29.8 Å². The van der Waals surface area contributed by atoms with E-state index in [-0.39, 0.29) is 24.0 Å². The Morgan fingerprint density at radius 2 is 1.92 bits per heavy atom. The number of nitrogens with zero attached hydrogens (tertiary/aromatic N) is 1. The van der Waals surface area contributed by atoms with Crippen molar-refractivity contribution in [2.75, 3.05) is 40.0 Å². The summed E-state index contributed by atoms with van der Waals surface area (Å²) in [6.45, 7) is 6.38. The van der Waals surface area contributed by atoms with E-state index in [4.69, 9.17) is 21.1 Å². The molecule has 0 spiro atoms. The lowest BCUT2D eigenvalue weighted by molar-refractivity contribution is 0.0689. The highest BCUT2D eigenvalue weighted by molar-refractivity contribution is 14.0. The molecule has 5 nitrogen and oxygen atoms in total. The molecule has 0 aliphatic rings. The molecule has 7 heteroatoms. The molecule has 0 atom stereocenters. The van der Waals surface area contributed by atoms with Gasteiger partial charge in [-0.15, -0.1) is 24.0 Å². The Labute approximate surface area is 167 Å². The Hall–Kier alpha value is -0.570. The zero-order chi connectivity index (χ0) is 16.8. The molecule has 1 rings (SSSR count). The Balaban J connectivity index is 0.00000529. The van der Waals surface area contributed by atoms with Gasteiger partial charge in [0.1, 0.15) is 0 Å². The topological polar surface area (TPSA) is 54.9 Å². The number of unbranched alkanes of at least 4 members (excludes halogenated alkanes) is 1. The number of aliphatic imine (C=N–C) groups is 1. The standard InChI is InChI=1S/C17H28ClN3O2.HI/c1-3-19-17(20-10-6-7-11-23-13-12-22-2)21-14-15-8-4-5-9-16(15)18;/h4-5,8-9H,3,6-7,10-14H2,1-2H3,(H2,19,20,21);1H. The number of hydrogen-bond acceptors (Lipinski definition) is 3. The van der Waals surface area contributed by atoms with Crippen molar-refractivity contribution in [1.82, 2.24) is 10.6 Å². The van der Waals surface area contributed by atoms with E-state index >= 15 is 0 Å². The van der Waals surface area contributed by atoms with Crippen molar-refractivity contribution in [2.45, 2.75) is 26.3 Å². The van der Waals surface area contributed by atoms with Gasteiger partial charge in [-0.2, -0.15) is 0 Å². The molecule has 0 radical (unpaired) electrons. The Morgan fingerprint density at radius 3 is 2.62 bits per heavy atom. The molecule has 0 bridgehead atoms. The summed E-state index contributed by atoms with van der Waals surface area (Å²) >= 11 is 6.15. The average molecular weight is 470 g/mol. The van der Waals surface area contributed by atoms with Crippen LogP contribution in [0.3, 0.4) is 0 Å². The highest BCUT2D eigenvalue weighted by atomic mass is 127. The van der Waals surface area contributed by atoms with Gasteiger partial charge in [0.2, 0.25) is 0 Å². The summed E-state index contributed by atoms with van der Waals surface area (Å²) in [6, 6.07) is 7.78. The van der Waals surface area contributed by atoms with E-state index in [9.17, 15) is 0 Å². The zero-order valence-corrected chi connectivity index (χ0v) is 17.6. The Morgan fingerprint density at radius 1 is 1.12 bits per heavy atom. The molecule has 0 aliphatic heterocycles. The van der Waals surface area contributed by atoms with E-state index in [1.807, 2.05) is 24.3 Å². The van der Waals surface area contributed by atoms with E-state index in [0.29, 0.717) is 19.8 Å². The van der Waals surface area contributed by atoms with Crippen LogP contribution >= 0.6 is 35.6 Å². The first-order valence-electron chi connectivity index (χ1n) is 8.10. The average Bonchev–Trinajstić information content (AvgIpc) is 2.56. The highest BCUT2D eigenvalue weighted by Gasteiger charge is 2.00. The molecule has 2 N–H and O–H groups in total. The molecule has 0 aliphatic carbocycles. The Kier molecular flexibility index (Phi) is 15.6. The zero-order valence-electron chi connectivity index (χ0n) is 14.5. The number of benzene rings is 1. The molecule has 0 heterocycles. The van der Waals surface area contributed by atoms with Gasteiger partial charge in [0.15, 0.2) is 5.96 Å². The van der Waals surface area contributed by atoms with Crippen LogP contribution in [-0.4, -0.2) is 46.0 Å². The number of guanidine groups is 1. The summed E-state index contributed by atoms with van der Waals surface area (Å²) < 4.78 is 10.4. The predicted octanol–water partition coefficient (Wildman–Crippen LogP) is 3.46. The van der Waals surface area contributed by atoms with E-state index < -0.39 is 0 Å². The van der Waals surface area contributed by atoms with Crippen molar-refractivity contribution in [3.05, 3.63) is 34.9 Å². The Bertz CT molecular complexity index is 461. The number of halogens is 2. The number of hydrogen-bond donors (Lipinski definition) is 2. The summed E-state index contributed by atoms with van der Waals surface area (Å²) in [7, 11) is 1.68. The molecule has 24 heavy (non-hydrogen) atoms. The second-order valence-corrected chi connectivity index (χ2v) is 5.43. The van der Waals surface area contributed by atoms with Crippen LogP contribution in [0.25, 0.3) is 0 Å². The van der Waals surface area contributed by atoms with Crippen LogP contribution in [0, 0.1) is 0 Å². The lowest BCUT2D eigenvalue weighted by Gasteiger charge is -2.11. The lowest BCUT2D eigenvalue weighted by Crippen LogP contribution is -2.37. The maximum Gasteiger partial charge on any atom is 0.191 e. The molecule has 0 saturated heterocycles. The first-order valence-corrected chi connectivity index (χ1v) is 8.48. The summed E-state index contributed by atoms with van der Waals surface area (Å²) in [5.74, 6) is 0.813. The molecule has 1 aromatic rings. The fourth-order valence-electron chi connectivity index (χ4n) is 1.91. The third-order valence-electron chi connectivity index (χ3n) is 3.15. The van der Waals surface area contributed by atoms with E-state index in [2.05, 4.69) is 22.5 Å². The van der Waals surface area contributed by atoms with Gasteiger partial charge >= 0.3 is 0 Å². The second-order valence-electron chi connectivity index (χ2n) is 5.03. The van der Waals surface area contributed by atoms with E-state index in [0.717, 1.165) is 49.1 Å². The summed E-state index contributed by atoms with van der Waals surface area (Å²) in [5.41, 5.74) is 1.03. The van der Waals surface area contributed by atoms with Crippen LogP contribution in [0.1, 0.15) is 25.3 Å².